The lowest BCUT2D eigenvalue weighted by Crippen LogP contribution is -2.34. The molecule has 2 aromatic carbocycles. The predicted molar refractivity (Wildman–Crippen MR) is 115 cm³/mol. The van der Waals surface area contributed by atoms with E-state index in [2.05, 4.69) is 12.2 Å². The Kier molecular flexibility index (Phi) is 6.22. The molecule has 29 heavy (non-hydrogen) atoms. The molecule has 1 heterocycles. The lowest BCUT2D eigenvalue weighted by molar-refractivity contribution is -0.122. The SMILES string of the molecule is CCc1ccc(O[C@@H](CC)C(=O)Nc2c(C)n(C)n(-c3ccccc3)c2=O)cc1. The molecule has 152 valence electrons. The number of para-hydroxylation sites is 1. The first-order valence-corrected chi connectivity index (χ1v) is 9.86. The van der Waals surface area contributed by atoms with Crippen molar-refractivity contribution in [3.05, 3.63) is 76.2 Å². The van der Waals surface area contributed by atoms with Crippen molar-refractivity contribution in [1.29, 1.82) is 0 Å². The summed E-state index contributed by atoms with van der Waals surface area (Å²) in [7, 11) is 1.79. The van der Waals surface area contributed by atoms with Crippen LogP contribution < -0.4 is 15.6 Å². The summed E-state index contributed by atoms with van der Waals surface area (Å²) in [6.07, 6.45) is 0.741. The zero-order chi connectivity index (χ0) is 21.0. The van der Waals surface area contributed by atoms with E-state index in [1.54, 1.807) is 11.7 Å². The van der Waals surface area contributed by atoms with Gasteiger partial charge >= 0.3 is 0 Å². The van der Waals surface area contributed by atoms with Crippen LogP contribution in [-0.4, -0.2) is 21.4 Å². The lowest BCUT2D eigenvalue weighted by atomic mass is 10.1. The number of amides is 1. The van der Waals surface area contributed by atoms with Crippen molar-refractivity contribution < 1.29 is 9.53 Å². The van der Waals surface area contributed by atoms with Gasteiger partial charge in [0.15, 0.2) is 6.10 Å². The third kappa shape index (κ3) is 4.26. The van der Waals surface area contributed by atoms with E-state index in [1.807, 2.05) is 68.4 Å². The van der Waals surface area contributed by atoms with Crippen LogP contribution in [0.15, 0.2) is 59.4 Å². The van der Waals surface area contributed by atoms with E-state index in [-0.39, 0.29) is 17.2 Å². The van der Waals surface area contributed by atoms with Gasteiger partial charge in [-0.15, -0.1) is 0 Å². The van der Waals surface area contributed by atoms with E-state index in [0.29, 0.717) is 17.9 Å². The Morgan fingerprint density at radius 2 is 1.72 bits per heavy atom. The third-order valence-electron chi connectivity index (χ3n) is 5.08. The van der Waals surface area contributed by atoms with Gasteiger partial charge in [0, 0.05) is 7.05 Å². The standard InChI is InChI=1S/C23H27N3O3/c1-5-17-12-14-19(15-13-17)29-20(6-2)22(27)24-21-16(3)25(4)26(23(21)28)18-10-8-7-9-11-18/h7-15,20H,5-6H2,1-4H3,(H,24,27)/t20-/m0/s1. The van der Waals surface area contributed by atoms with E-state index in [1.165, 1.54) is 10.2 Å². The Morgan fingerprint density at radius 3 is 2.31 bits per heavy atom. The molecular weight excluding hydrogens is 366 g/mol. The number of ether oxygens (including phenoxy) is 1. The molecule has 1 aromatic heterocycles. The molecule has 6 heteroatoms. The summed E-state index contributed by atoms with van der Waals surface area (Å²) >= 11 is 0. The second-order valence-corrected chi connectivity index (χ2v) is 6.94. The molecule has 3 aromatic rings. The second-order valence-electron chi connectivity index (χ2n) is 6.94. The monoisotopic (exact) mass is 393 g/mol. The van der Waals surface area contributed by atoms with Crippen LogP contribution in [0.2, 0.25) is 0 Å². The van der Waals surface area contributed by atoms with E-state index in [0.717, 1.165) is 12.1 Å². The molecule has 0 spiro atoms. The maximum atomic E-state index is 13.0. The Balaban J connectivity index is 1.82. The minimum atomic E-state index is -0.688. The molecule has 0 saturated carbocycles. The summed E-state index contributed by atoms with van der Waals surface area (Å²) in [4.78, 5) is 25.8. The van der Waals surface area contributed by atoms with Crippen molar-refractivity contribution in [1.82, 2.24) is 9.36 Å². The lowest BCUT2D eigenvalue weighted by Gasteiger charge is -2.17. The van der Waals surface area contributed by atoms with Crippen molar-refractivity contribution in [3.63, 3.8) is 0 Å². The molecule has 0 bridgehead atoms. The Labute approximate surface area is 170 Å². The molecular formula is C23H27N3O3. The fourth-order valence-corrected chi connectivity index (χ4v) is 3.21. The molecule has 1 atom stereocenters. The molecule has 0 saturated heterocycles. The minimum Gasteiger partial charge on any atom is -0.481 e. The van der Waals surface area contributed by atoms with Crippen LogP contribution in [0.4, 0.5) is 5.69 Å². The van der Waals surface area contributed by atoms with Gasteiger partial charge in [0.05, 0.1) is 11.4 Å². The molecule has 1 N–H and O–H groups in total. The summed E-state index contributed by atoms with van der Waals surface area (Å²) < 4.78 is 9.14. The maximum absolute atomic E-state index is 13.0. The number of hydrogen-bond donors (Lipinski definition) is 1. The topological polar surface area (TPSA) is 65.3 Å². The van der Waals surface area contributed by atoms with Gasteiger partial charge in [-0.2, -0.15) is 0 Å². The van der Waals surface area contributed by atoms with Crippen molar-refractivity contribution in [3.8, 4) is 11.4 Å². The number of carbonyl (C=O) groups is 1. The highest BCUT2D eigenvalue weighted by molar-refractivity contribution is 5.94. The van der Waals surface area contributed by atoms with Crippen LogP contribution >= 0.6 is 0 Å². The quantitative estimate of drug-likeness (QED) is 0.663. The summed E-state index contributed by atoms with van der Waals surface area (Å²) in [5, 5.41) is 2.79. The van der Waals surface area contributed by atoms with Crippen LogP contribution in [-0.2, 0) is 18.3 Å². The van der Waals surface area contributed by atoms with Crippen molar-refractivity contribution in [2.24, 2.45) is 7.05 Å². The zero-order valence-corrected chi connectivity index (χ0v) is 17.3. The first-order valence-electron chi connectivity index (χ1n) is 9.86. The molecule has 6 nitrogen and oxygen atoms in total. The van der Waals surface area contributed by atoms with Gasteiger partial charge in [-0.1, -0.05) is 44.2 Å². The molecule has 0 fully saturated rings. The second kappa shape index (κ2) is 8.82. The first kappa shape index (κ1) is 20.5. The van der Waals surface area contributed by atoms with Crippen molar-refractivity contribution in [2.45, 2.75) is 39.7 Å². The fraction of sp³-hybridized carbons (Fsp3) is 0.304. The maximum Gasteiger partial charge on any atom is 0.295 e. The van der Waals surface area contributed by atoms with Crippen molar-refractivity contribution in [2.75, 3.05) is 5.32 Å². The van der Waals surface area contributed by atoms with Gasteiger partial charge in [0.1, 0.15) is 11.4 Å². The number of benzene rings is 2. The van der Waals surface area contributed by atoms with Gasteiger partial charge < -0.3 is 10.1 Å². The van der Waals surface area contributed by atoms with E-state index < -0.39 is 6.10 Å². The molecule has 0 unspecified atom stereocenters. The molecule has 3 rings (SSSR count). The highest BCUT2D eigenvalue weighted by Gasteiger charge is 2.23. The smallest absolute Gasteiger partial charge is 0.295 e. The van der Waals surface area contributed by atoms with Crippen LogP contribution in [0.3, 0.4) is 0 Å². The zero-order valence-electron chi connectivity index (χ0n) is 17.3. The average molecular weight is 393 g/mol. The first-order chi connectivity index (χ1) is 14.0. The highest BCUT2D eigenvalue weighted by atomic mass is 16.5. The predicted octanol–water partition coefficient (Wildman–Crippen LogP) is 3.84. The third-order valence-corrected chi connectivity index (χ3v) is 5.08. The van der Waals surface area contributed by atoms with Crippen LogP contribution in [0, 0.1) is 6.92 Å². The highest BCUT2D eigenvalue weighted by Crippen LogP contribution is 2.18. The number of aryl methyl sites for hydroxylation is 1. The molecule has 0 aliphatic rings. The molecule has 0 radical (unpaired) electrons. The van der Waals surface area contributed by atoms with Crippen molar-refractivity contribution >= 4 is 11.6 Å². The molecule has 0 aliphatic heterocycles. The fourth-order valence-electron chi connectivity index (χ4n) is 3.21. The van der Waals surface area contributed by atoms with Crippen LogP contribution in [0.25, 0.3) is 5.69 Å². The summed E-state index contributed by atoms with van der Waals surface area (Å²) in [5.74, 6) is 0.300. The Hall–Kier alpha value is -3.28. The largest absolute Gasteiger partial charge is 0.481 e. The Bertz CT molecular complexity index is 1030. The normalized spacial score (nSPS) is 11.9. The number of hydrogen-bond acceptors (Lipinski definition) is 3. The summed E-state index contributed by atoms with van der Waals surface area (Å²) in [6.45, 7) is 5.77. The molecule has 0 aliphatic carbocycles. The number of nitrogens with zero attached hydrogens (tertiary/aromatic N) is 2. The number of aromatic nitrogens is 2. The summed E-state index contributed by atoms with van der Waals surface area (Å²) in [5.41, 5.74) is 2.62. The number of anilines is 1. The van der Waals surface area contributed by atoms with E-state index in [4.69, 9.17) is 4.74 Å². The average Bonchev–Trinajstić information content (AvgIpc) is 2.96. The number of nitrogens with one attached hydrogen (secondary N) is 1. The van der Waals surface area contributed by atoms with E-state index in [9.17, 15) is 9.59 Å². The Morgan fingerprint density at radius 1 is 1.07 bits per heavy atom. The molecule has 1 amide bonds. The van der Waals surface area contributed by atoms with Gasteiger partial charge in [0.2, 0.25) is 0 Å². The van der Waals surface area contributed by atoms with Crippen LogP contribution in [0.1, 0.15) is 31.5 Å². The van der Waals surface area contributed by atoms with Gasteiger partial charge in [-0.25, -0.2) is 4.68 Å². The van der Waals surface area contributed by atoms with Gasteiger partial charge in [0.25, 0.3) is 11.5 Å². The van der Waals surface area contributed by atoms with Gasteiger partial charge in [-0.3, -0.25) is 14.3 Å². The van der Waals surface area contributed by atoms with Crippen LogP contribution in [0.5, 0.6) is 5.75 Å². The van der Waals surface area contributed by atoms with Gasteiger partial charge in [-0.05, 0) is 49.6 Å². The van der Waals surface area contributed by atoms with E-state index >= 15 is 0 Å². The minimum absolute atomic E-state index is 0.268. The summed E-state index contributed by atoms with van der Waals surface area (Å²) in [6, 6.07) is 17.0. The number of carbonyl (C=O) groups excluding carboxylic acids is 1. The number of rotatable bonds is 7.